The van der Waals surface area contributed by atoms with Crippen molar-refractivity contribution in [3.05, 3.63) is 65.7 Å². The van der Waals surface area contributed by atoms with Crippen LogP contribution in [0.4, 0.5) is 0 Å². The van der Waals surface area contributed by atoms with Crippen molar-refractivity contribution in [2.45, 2.75) is 38.5 Å². The maximum absolute atomic E-state index is 13.2. The summed E-state index contributed by atoms with van der Waals surface area (Å²) in [5, 5.41) is 15.7. The number of fused-ring (bicyclic) bond motifs is 1. The number of para-hydroxylation sites is 1. The summed E-state index contributed by atoms with van der Waals surface area (Å²) in [5.41, 5.74) is 2.03. The van der Waals surface area contributed by atoms with Crippen molar-refractivity contribution < 1.29 is 28.9 Å². The van der Waals surface area contributed by atoms with E-state index in [1.165, 1.54) is 6.07 Å². The molecule has 0 bridgehead atoms. The van der Waals surface area contributed by atoms with Gasteiger partial charge in [0.2, 0.25) is 5.91 Å². The Bertz CT molecular complexity index is 1180. The minimum absolute atomic E-state index is 0. The smallest absolute Gasteiger partial charge is 0.339 e. The second-order valence-corrected chi connectivity index (χ2v) is 9.24. The van der Waals surface area contributed by atoms with E-state index in [-0.39, 0.29) is 52.9 Å². The first-order valence-corrected chi connectivity index (χ1v) is 12.8. The first kappa shape index (κ1) is 29.7. The van der Waals surface area contributed by atoms with Crippen molar-refractivity contribution in [1.82, 2.24) is 5.01 Å². The molecule has 0 aromatic heterocycles. The number of carboxylic acid groups (broad SMARTS) is 1. The average molecular weight is 530 g/mol. The number of allylic oxidation sites excluding steroid dienone is 2. The number of rotatable bonds is 12. The molecule has 2 aromatic rings. The van der Waals surface area contributed by atoms with Crippen molar-refractivity contribution in [2.24, 2.45) is 16.9 Å². The molecule has 2 atom stereocenters. The van der Waals surface area contributed by atoms with E-state index in [2.05, 4.69) is 12.2 Å². The minimum Gasteiger partial charge on any atom is -0.493 e. The van der Waals surface area contributed by atoms with Gasteiger partial charge in [0.05, 0.1) is 32.5 Å². The fourth-order valence-corrected chi connectivity index (χ4v) is 4.93. The van der Waals surface area contributed by atoms with Gasteiger partial charge in [-0.1, -0.05) is 30.7 Å². The van der Waals surface area contributed by atoms with E-state index in [9.17, 15) is 14.7 Å². The van der Waals surface area contributed by atoms with Crippen LogP contribution in [-0.2, 0) is 4.79 Å². The molecular formula is C29H34N2NaO6. The molecule has 197 valence electrons. The number of ether oxygens (including phenoxy) is 3. The molecule has 0 spiro atoms. The standard InChI is InChI=1S/C29H34N2O6.Na/c1-35-25-16-15-20(19-26(25)36-2)27-21-11-5-6-12-22(21)28(32)31(30-27)17-9-3-4-10-18-37-24-14-8-7-13-23(24)29(33)34;/h5-8,13-16,19,21-22H,3-4,9-12,17-18H2,1-2H3,(H,33,34);/t21-,22+;/m0./s1. The van der Waals surface area contributed by atoms with Gasteiger partial charge in [0.25, 0.3) is 0 Å². The van der Waals surface area contributed by atoms with E-state index in [4.69, 9.17) is 19.3 Å². The number of carbonyl (C=O) groups is 2. The molecule has 1 N–H and O–H groups in total. The van der Waals surface area contributed by atoms with Crippen LogP contribution in [-0.4, -0.2) is 84.6 Å². The SMILES string of the molecule is COc1ccc(C2=NN(CCCCCCOc3ccccc3C(=O)O)C(=O)[C@@H]3CC=CC[C@H]23)cc1OC.[Na]. The fourth-order valence-electron chi connectivity index (χ4n) is 4.93. The Morgan fingerprint density at radius 1 is 0.947 bits per heavy atom. The molecule has 2 aromatic carbocycles. The van der Waals surface area contributed by atoms with E-state index >= 15 is 0 Å². The average Bonchev–Trinajstić information content (AvgIpc) is 2.93. The Balaban J connectivity index is 0.00000400. The Labute approximate surface area is 245 Å². The number of aromatic carboxylic acids is 1. The number of carbonyl (C=O) groups excluding carboxylic acids is 1. The summed E-state index contributed by atoms with van der Waals surface area (Å²) in [5.74, 6) is 0.735. The molecule has 8 nitrogen and oxygen atoms in total. The van der Waals surface area contributed by atoms with Crippen molar-refractivity contribution in [1.29, 1.82) is 0 Å². The topological polar surface area (TPSA) is 97.7 Å². The predicted molar refractivity (Wildman–Crippen MR) is 146 cm³/mol. The fraction of sp³-hybridized carbons (Fsp3) is 0.414. The zero-order valence-electron chi connectivity index (χ0n) is 22.4. The summed E-state index contributed by atoms with van der Waals surface area (Å²) in [6.07, 6.45) is 9.21. The van der Waals surface area contributed by atoms with Gasteiger partial charge in [-0.3, -0.25) is 4.79 Å². The van der Waals surface area contributed by atoms with Gasteiger partial charge in [-0.05, 0) is 62.4 Å². The zero-order chi connectivity index (χ0) is 26.2. The molecule has 0 unspecified atom stereocenters. The number of hydrogen-bond donors (Lipinski definition) is 1. The third kappa shape index (κ3) is 6.98. The van der Waals surface area contributed by atoms with Gasteiger partial charge in [0.1, 0.15) is 11.3 Å². The summed E-state index contributed by atoms with van der Waals surface area (Å²) in [7, 11) is 3.22. The first-order chi connectivity index (χ1) is 18.0. The molecule has 9 heteroatoms. The van der Waals surface area contributed by atoms with Crippen LogP contribution in [0, 0.1) is 11.8 Å². The van der Waals surface area contributed by atoms with Crippen LogP contribution in [0.3, 0.4) is 0 Å². The van der Waals surface area contributed by atoms with E-state index in [1.54, 1.807) is 37.4 Å². The van der Waals surface area contributed by atoms with Gasteiger partial charge in [0, 0.05) is 47.6 Å². The van der Waals surface area contributed by atoms with Gasteiger partial charge in [0.15, 0.2) is 11.5 Å². The molecular weight excluding hydrogens is 495 g/mol. The molecule has 1 heterocycles. The van der Waals surface area contributed by atoms with Gasteiger partial charge in [-0.25, -0.2) is 9.80 Å². The van der Waals surface area contributed by atoms with E-state index in [1.807, 2.05) is 18.2 Å². The Kier molecular flexibility index (Phi) is 11.2. The number of benzene rings is 2. The third-order valence-corrected chi connectivity index (χ3v) is 6.90. The molecule has 1 aliphatic carbocycles. The number of carboxylic acids is 1. The monoisotopic (exact) mass is 529 g/mol. The Hall–Kier alpha value is -2.81. The van der Waals surface area contributed by atoms with Crippen LogP contribution < -0.4 is 14.2 Å². The zero-order valence-corrected chi connectivity index (χ0v) is 24.4. The quantitative estimate of drug-likeness (QED) is 0.241. The van der Waals surface area contributed by atoms with E-state index in [0.717, 1.165) is 49.8 Å². The number of methoxy groups -OCH3 is 2. The maximum atomic E-state index is 13.2. The van der Waals surface area contributed by atoms with Crippen LogP contribution in [0.2, 0.25) is 0 Å². The van der Waals surface area contributed by atoms with Gasteiger partial charge in [-0.2, -0.15) is 5.10 Å². The molecule has 0 fully saturated rings. The molecule has 0 saturated carbocycles. The van der Waals surface area contributed by atoms with Crippen LogP contribution in [0.15, 0.2) is 59.7 Å². The number of unbranched alkanes of at least 4 members (excludes halogenated alkanes) is 3. The second kappa shape index (κ2) is 14.4. The molecule has 0 saturated heterocycles. The van der Waals surface area contributed by atoms with Gasteiger partial charge >= 0.3 is 5.97 Å². The van der Waals surface area contributed by atoms with Crippen molar-refractivity contribution in [2.75, 3.05) is 27.4 Å². The molecule has 1 radical (unpaired) electrons. The van der Waals surface area contributed by atoms with E-state index < -0.39 is 5.97 Å². The Morgan fingerprint density at radius 3 is 2.39 bits per heavy atom. The molecule has 1 aliphatic heterocycles. The van der Waals surface area contributed by atoms with Crippen molar-refractivity contribution in [3.8, 4) is 17.2 Å². The second-order valence-electron chi connectivity index (χ2n) is 9.24. The number of nitrogens with zero attached hydrogens (tertiary/aromatic N) is 2. The molecule has 2 aliphatic rings. The minimum atomic E-state index is -0.995. The summed E-state index contributed by atoms with van der Waals surface area (Å²) in [6, 6.07) is 12.4. The Morgan fingerprint density at radius 2 is 1.66 bits per heavy atom. The van der Waals surface area contributed by atoms with Crippen LogP contribution in [0.25, 0.3) is 0 Å². The predicted octanol–water partition coefficient (Wildman–Crippen LogP) is 4.79. The van der Waals surface area contributed by atoms with Crippen LogP contribution in [0.1, 0.15) is 54.4 Å². The molecule has 38 heavy (non-hydrogen) atoms. The van der Waals surface area contributed by atoms with Gasteiger partial charge in [-0.15, -0.1) is 0 Å². The number of hydrogen-bond acceptors (Lipinski definition) is 6. The summed E-state index contributed by atoms with van der Waals surface area (Å²) in [4.78, 5) is 24.5. The van der Waals surface area contributed by atoms with Crippen molar-refractivity contribution in [3.63, 3.8) is 0 Å². The van der Waals surface area contributed by atoms with E-state index in [0.29, 0.717) is 30.4 Å². The van der Waals surface area contributed by atoms with Crippen molar-refractivity contribution >= 4 is 47.1 Å². The van der Waals surface area contributed by atoms with Gasteiger partial charge < -0.3 is 19.3 Å². The largest absolute Gasteiger partial charge is 0.493 e. The van der Waals surface area contributed by atoms with Crippen LogP contribution in [0.5, 0.6) is 17.2 Å². The first-order valence-electron chi connectivity index (χ1n) is 12.8. The third-order valence-electron chi connectivity index (χ3n) is 6.90. The number of hydrazone groups is 1. The molecule has 4 rings (SSSR count). The summed E-state index contributed by atoms with van der Waals surface area (Å²) < 4.78 is 16.6. The normalized spacial score (nSPS) is 18.2. The van der Waals surface area contributed by atoms with Crippen LogP contribution >= 0.6 is 0 Å². The molecule has 1 amide bonds. The summed E-state index contributed by atoms with van der Waals surface area (Å²) >= 11 is 0. The summed E-state index contributed by atoms with van der Waals surface area (Å²) in [6.45, 7) is 1.01. The maximum Gasteiger partial charge on any atom is 0.339 e. The number of amides is 1.